The highest BCUT2D eigenvalue weighted by Gasteiger charge is 2.22. The topological polar surface area (TPSA) is 102 Å². The van der Waals surface area contributed by atoms with Crippen LogP contribution in [-0.2, 0) is 17.7 Å². The molecular weight excluding hydrogens is 384 g/mol. The molecule has 3 aromatic heterocycles. The number of hydrogen-bond donors (Lipinski definition) is 2. The Labute approximate surface area is 172 Å². The van der Waals surface area contributed by atoms with Gasteiger partial charge < -0.3 is 19.5 Å². The molecule has 3 heterocycles. The van der Waals surface area contributed by atoms with E-state index in [1.54, 1.807) is 14.0 Å². The van der Waals surface area contributed by atoms with E-state index in [0.717, 1.165) is 16.5 Å². The smallest absolute Gasteiger partial charge is 0.265 e. The number of para-hydroxylation sites is 1. The van der Waals surface area contributed by atoms with E-state index in [1.807, 2.05) is 24.4 Å². The van der Waals surface area contributed by atoms with Gasteiger partial charge >= 0.3 is 0 Å². The number of rotatable bonds is 8. The normalized spacial score (nSPS) is 11.4. The minimum absolute atomic E-state index is 0.183. The Balaban J connectivity index is 1.53. The van der Waals surface area contributed by atoms with Crippen LogP contribution in [0.4, 0.5) is 0 Å². The number of carbonyl (C=O) groups excluding carboxylic acids is 1. The van der Waals surface area contributed by atoms with E-state index in [0.29, 0.717) is 38.3 Å². The van der Waals surface area contributed by atoms with Crippen molar-refractivity contribution in [3.8, 4) is 0 Å². The number of benzene rings is 1. The van der Waals surface area contributed by atoms with Crippen molar-refractivity contribution in [1.29, 1.82) is 0 Å². The van der Waals surface area contributed by atoms with Gasteiger partial charge in [0, 0.05) is 43.9 Å². The monoisotopic (exact) mass is 408 g/mol. The highest BCUT2D eigenvalue weighted by Crippen LogP contribution is 2.21. The van der Waals surface area contributed by atoms with Crippen LogP contribution in [0.25, 0.3) is 22.0 Å². The quantitative estimate of drug-likeness (QED) is 0.437. The van der Waals surface area contributed by atoms with Crippen molar-refractivity contribution >= 4 is 27.9 Å². The Morgan fingerprint density at radius 2 is 2.17 bits per heavy atom. The molecule has 1 amide bonds. The molecule has 0 unspecified atom stereocenters. The maximum atomic E-state index is 12.9. The van der Waals surface area contributed by atoms with Gasteiger partial charge in [-0.15, -0.1) is 0 Å². The van der Waals surface area contributed by atoms with Crippen LogP contribution in [0, 0.1) is 6.92 Å². The Bertz CT molecular complexity index is 1250. The minimum atomic E-state index is -0.334. The molecule has 0 aliphatic heterocycles. The van der Waals surface area contributed by atoms with Gasteiger partial charge in [0.25, 0.3) is 11.5 Å². The number of H-pyrrole nitrogens is 1. The molecule has 0 fully saturated rings. The minimum Gasteiger partial charge on any atom is -0.442 e. The van der Waals surface area contributed by atoms with Crippen LogP contribution in [0.2, 0.25) is 0 Å². The Morgan fingerprint density at radius 3 is 3.00 bits per heavy atom. The lowest BCUT2D eigenvalue weighted by atomic mass is 10.1. The van der Waals surface area contributed by atoms with Crippen molar-refractivity contribution in [2.24, 2.45) is 0 Å². The molecule has 156 valence electrons. The predicted octanol–water partition coefficient (Wildman–Crippen LogP) is 2.79. The second kappa shape index (κ2) is 8.54. The van der Waals surface area contributed by atoms with Crippen LogP contribution in [-0.4, -0.2) is 40.7 Å². The molecule has 1 aromatic carbocycles. The molecule has 0 aliphatic carbocycles. The summed E-state index contributed by atoms with van der Waals surface area (Å²) in [4.78, 5) is 33.2. The molecule has 8 nitrogen and oxygen atoms in total. The van der Waals surface area contributed by atoms with Gasteiger partial charge in [0.05, 0.1) is 5.56 Å². The van der Waals surface area contributed by atoms with Gasteiger partial charge in [-0.1, -0.05) is 18.2 Å². The van der Waals surface area contributed by atoms with Gasteiger partial charge in [-0.2, -0.15) is 0 Å². The van der Waals surface area contributed by atoms with Crippen LogP contribution < -0.4 is 10.9 Å². The van der Waals surface area contributed by atoms with Crippen LogP contribution in [0.5, 0.6) is 0 Å². The predicted molar refractivity (Wildman–Crippen MR) is 114 cm³/mol. The average Bonchev–Trinajstić information content (AvgIpc) is 3.31. The molecule has 2 N–H and O–H groups in total. The van der Waals surface area contributed by atoms with E-state index in [4.69, 9.17) is 9.15 Å². The van der Waals surface area contributed by atoms with E-state index >= 15 is 0 Å². The van der Waals surface area contributed by atoms with Gasteiger partial charge in [-0.05, 0) is 31.4 Å². The summed E-state index contributed by atoms with van der Waals surface area (Å²) in [5.41, 5.74) is 2.34. The average molecular weight is 408 g/mol. The largest absolute Gasteiger partial charge is 0.442 e. The first kappa shape index (κ1) is 19.9. The highest BCUT2D eigenvalue weighted by atomic mass is 16.5. The number of nitrogens with zero attached hydrogens (tertiary/aromatic N) is 2. The lowest BCUT2D eigenvalue weighted by Crippen LogP contribution is -2.28. The highest BCUT2D eigenvalue weighted by molar-refractivity contribution is 6.06. The molecular formula is C22H24N4O4. The number of carbonyl (C=O) groups is 1. The first-order valence-electron chi connectivity index (χ1n) is 9.91. The number of aromatic nitrogens is 3. The summed E-state index contributed by atoms with van der Waals surface area (Å²) < 4.78 is 12.1. The fourth-order valence-electron chi connectivity index (χ4n) is 3.69. The van der Waals surface area contributed by atoms with Crippen molar-refractivity contribution in [2.45, 2.75) is 26.3 Å². The van der Waals surface area contributed by atoms with Crippen molar-refractivity contribution in [3.05, 3.63) is 64.0 Å². The van der Waals surface area contributed by atoms with Gasteiger partial charge in [-0.25, -0.2) is 4.98 Å². The third-order valence-corrected chi connectivity index (χ3v) is 5.18. The van der Waals surface area contributed by atoms with Crippen LogP contribution >= 0.6 is 0 Å². The van der Waals surface area contributed by atoms with Crippen molar-refractivity contribution in [1.82, 2.24) is 19.9 Å². The van der Waals surface area contributed by atoms with E-state index in [1.165, 1.54) is 10.9 Å². The summed E-state index contributed by atoms with van der Waals surface area (Å²) in [7, 11) is 1.61. The second-order valence-corrected chi connectivity index (χ2v) is 7.17. The fourth-order valence-corrected chi connectivity index (χ4v) is 3.69. The molecule has 0 atom stereocenters. The number of aromatic amines is 1. The van der Waals surface area contributed by atoms with Crippen molar-refractivity contribution in [3.63, 3.8) is 0 Å². The number of aryl methyl sites for hydroxylation is 2. The first-order valence-corrected chi connectivity index (χ1v) is 9.91. The lowest BCUT2D eigenvalue weighted by Gasteiger charge is -2.06. The van der Waals surface area contributed by atoms with E-state index in [9.17, 15) is 9.59 Å². The number of ether oxygens (including phenoxy) is 1. The second-order valence-electron chi connectivity index (χ2n) is 7.17. The summed E-state index contributed by atoms with van der Waals surface area (Å²) >= 11 is 0. The summed E-state index contributed by atoms with van der Waals surface area (Å²) in [6, 6.07) is 8.04. The maximum absolute atomic E-state index is 12.9. The van der Waals surface area contributed by atoms with Gasteiger partial charge in [-0.3, -0.25) is 14.2 Å². The van der Waals surface area contributed by atoms with Crippen molar-refractivity contribution in [2.75, 3.05) is 20.3 Å². The molecule has 0 radical (unpaired) electrons. The third-order valence-electron chi connectivity index (χ3n) is 5.18. The zero-order valence-corrected chi connectivity index (χ0v) is 17.0. The Kier molecular flexibility index (Phi) is 5.67. The molecule has 0 bridgehead atoms. The van der Waals surface area contributed by atoms with Gasteiger partial charge in [0.15, 0.2) is 0 Å². The van der Waals surface area contributed by atoms with Crippen LogP contribution in [0.1, 0.15) is 28.1 Å². The molecule has 4 rings (SSSR count). The Morgan fingerprint density at radius 1 is 1.33 bits per heavy atom. The first-order chi connectivity index (χ1) is 14.6. The van der Waals surface area contributed by atoms with Crippen LogP contribution in [0.3, 0.4) is 0 Å². The summed E-state index contributed by atoms with van der Waals surface area (Å²) in [6.07, 6.45) is 4.75. The van der Waals surface area contributed by atoms with Gasteiger partial charge in [0.2, 0.25) is 5.71 Å². The van der Waals surface area contributed by atoms with Gasteiger partial charge in [0.1, 0.15) is 17.5 Å². The molecule has 30 heavy (non-hydrogen) atoms. The SMILES string of the molecule is COCCCn1cnc2oc(C)c(C(=O)NCCc3c[nH]c4ccccc34)c2c1=O. The fraction of sp³-hybridized carbons (Fsp3) is 0.318. The summed E-state index contributed by atoms with van der Waals surface area (Å²) in [6.45, 7) is 3.11. The van der Waals surface area contributed by atoms with E-state index < -0.39 is 0 Å². The third kappa shape index (κ3) is 3.73. The van der Waals surface area contributed by atoms with Crippen molar-refractivity contribution < 1.29 is 13.9 Å². The molecule has 8 heteroatoms. The van der Waals surface area contributed by atoms with E-state index in [2.05, 4.69) is 21.4 Å². The molecule has 0 aliphatic rings. The van der Waals surface area contributed by atoms with E-state index in [-0.39, 0.29) is 28.1 Å². The molecule has 0 saturated carbocycles. The number of amides is 1. The Hall–Kier alpha value is -3.39. The molecule has 4 aromatic rings. The number of hydrogen-bond acceptors (Lipinski definition) is 5. The van der Waals surface area contributed by atoms with Crippen LogP contribution in [0.15, 0.2) is 46.0 Å². The summed E-state index contributed by atoms with van der Waals surface area (Å²) in [5.74, 6) is 0.0495. The number of fused-ring (bicyclic) bond motifs is 2. The number of methoxy groups -OCH3 is 1. The number of nitrogens with one attached hydrogen (secondary N) is 2. The maximum Gasteiger partial charge on any atom is 0.265 e. The molecule has 0 saturated heterocycles. The number of furan rings is 1. The summed E-state index contributed by atoms with van der Waals surface area (Å²) in [5, 5.41) is 4.27. The lowest BCUT2D eigenvalue weighted by molar-refractivity contribution is 0.0954. The zero-order chi connectivity index (χ0) is 21.1. The zero-order valence-electron chi connectivity index (χ0n) is 17.0. The molecule has 0 spiro atoms. The standard InChI is InChI=1S/C22H24N4O4/c1-14-18(19-21(30-14)25-13-26(22(19)28)10-5-11-29-2)20(27)23-9-8-15-12-24-17-7-4-3-6-16(15)17/h3-4,6-7,12-13,24H,5,8-11H2,1-2H3,(H,23,27).